The Bertz CT molecular complexity index is 7.22. The first-order valence-electron chi connectivity index (χ1n) is 0. The molecule has 0 aromatic heterocycles. The fraction of sp³-hybridized carbons (Fsp3) is 0. The second kappa shape index (κ2) is 564. The van der Waals surface area contributed by atoms with Crippen molar-refractivity contribution in [1.82, 2.24) is 0 Å². The van der Waals surface area contributed by atoms with E-state index in [9.17, 15) is 0 Å². The van der Waals surface area contributed by atoms with E-state index in [0.717, 1.165) is 0 Å². The molecule has 0 aliphatic heterocycles. The van der Waals surface area contributed by atoms with Crippen molar-refractivity contribution in [3.8, 4) is 0 Å². The summed E-state index contributed by atoms with van der Waals surface area (Å²) >= 11 is 0. The summed E-state index contributed by atoms with van der Waals surface area (Å²) in [7, 11) is 0. The molecule has 0 aromatic rings. The van der Waals surface area contributed by atoms with Gasteiger partial charge in [0.2, 0.25) is 0 Å². The van der Waals surface area contributed by atoms with Crippen LogP contribution in [-0.4, -0.2) is 0 Å². The summed E-state index contributed by atoms with van der Waals surface area (Å²) in [5, 5.41) is 0. The van der Waals surface area contributed by atoms with Crippen LogP contribution >= 0.6 is 0 Å². The molecule has 0 saturated carbocycles. The van der Waals surface area contributed by atoms with Crippen molar-refractivity contribution in [2.24, 2.45) is 0 Å². The van der Waals surface area contributed by atoms with Crippen LogP contribution in [0.15, 0.2) is 0 Å². The Morgan fingerprint density at radius 2 is 0.200 bits per heavy atom. The van der Waals surface area contributed by atoms with Crippen LogP contribution in [0.2, 0.25) is 0 Å². The van der Waals surface area contributed by atoms with Gasteiger partial charge in [-0.25, -0.2) is 0 Å². The van der Waals surface area contributed by atoms with E-state index >= 15 is 0 Å². The molecule has 0 fully saturated rings. The molecule has 0 amide bonds. The molecule has 2 radical (unpaired) electrons. The zero-order chi connectivity index (χ0) is 0. The molecule has 0 heterocycles. The molecular weight excluding hydrogens is 302 g/mol. The Hall–Kier alpha value is 1.25. The zero-order valence-electron chi connectivity index (χ0n) is 8.67. The third kappa shape index (κ3) is 405. The molecule has 82 valence electrons. The molecule has 0 rings (SSSR count). The SMILES string of the molecule is [CH3-].[CH3-].[CH3-].[CH3-].[CH3-].[CH3-].[CH3-].[CH3-].[Rh].[Rh]. The molecule has 0 unspecified atom stereocenters. The van der Waals surface area contributed by atoms with Crippen molar-refractivity contribution in [1.29, 1.82) is 0 Å². The van der Waals surface area contributed by atoms with Crippen molar-refractivity contribution in [3.63, 3.8) is 0 Å². The van der Waals surface area contributed by atoms with Gasteiger partial charge in [0, 0.05) is 39.0 Å². The monoisotopic (exact) mass is 326 g/mol. The normalized spacial score (nSPS) is 0. The summed E-state index contributed by atoms with van der Waals surface area (Å²) in [4.78, 5) is 0. The van der Waals surface area contributed by atoms with Crippen LogP contribution in [0.5, 0.6) is 0 Å². The Morgan fingerprint density at radius 1 is 0.200 bits per heavy atom. The summed E-state index contributed by atoms with van der Waals surface area (Å²) in [5.74, 6) is 0. The Kier molecular flexibility index (Phi) is 42800. The number of hydrogen-bond donors (Lipinski definition) is 0. The first kappa shape index (κ1) is 760. The average Bonchev–Trinajstić information content (AvgIpc) is 0. The molecule has 0 aliphatic carbocycles. The molecule has 0 bridgehead atoms. The van der Waals surface area contributed by atoms with Crippen LogP contribution in [0.25, 0.3) is 0 Å². The fourth-order valence-electron chi connectivity index (χ4n) is 0. The Balaban J connectivity index is 0. The van der Waals surface area contributed by atoms with E-state index < -0.39 is 0 Å². The average molecular weight is 326 g/mol. The first-order chi connectivity index (χ1) is 0. The largest absolute Gasteiger partial charge is 0.358 e. The third-order valence-corrected chi connectivity index (χ3v) is 0. The quantitative estimate of drug-likeness (QED) is 0.471. The Labute approximate surface area is 98.1 Å². The van der Waals surface area contributed by atoms with Gasteiger partial charge < -0.3 is 59.4 Å². The molecule has 0 atom stereocenters. The van der Waals surface area contributed by atoms with Gasteiger partial charge in [0.1, 0.15) is 0 Å². The van der Waals surface area contributed by atoms with Gasteiger partial charge in [0.05, 0.1) is 0 Å². The van der Waals surface area contributed by atoms with Crippen molar-refractivity contribution in [2.45, 2.75) is 0 Å². The predicted molar refractivity (Wildman–Crippen MR) is 51.3 cm³/mol. The van der Waals surface area contributed by atoms with E-state index in [-0.39, 0.29) is 98.4 Å². The molecule has 0 nitrogen and oxygen atoms in total. The summed E-state index contributed by atoms with van der Waals surface area (Å²) in [6, 6.07) is 0. The molecule has 0 spiro atoms. The van der Waals surface area contributed by atoms with E-state index in [1.165, 1.54) is 0 Å². The minimum atomic E-state index is 0. The van der Waals surface area contributed by atoms with Gasteiger partial charge in [-0.05, 0) is 0 Å². The number of hydrogen-bond acceptors (Lipinski definition) is 0. The van der Waals surface area contributed by atoms with Crippen LogP contribution in [-0.2, 0) is 39.0 Å². The summed E-state index contributed by atoms with van der Waals surface area (Å²) in [6.45, 7) is 0. The summed E-state index contributed by atoms with van der Waals surface area (Å²) in [6.07, 6.45) is 0. The van der Waals surface area contributed by atoms with E-state index in [4.69, 9.17) is 0 Å². The molecule has 2 heteroatoms. The van der Waals surface area contributed by atoms with Gasteiger partial charge in [-0.1, -0.05) is 0 Å². The summed E-state index contributed by atoms with van der Waals surface area (Å²) in [5.41, 5.74) is 0. The molecule has 0 aliphatic rings. The smallest absolute Gasteiger partial charge is 0 e. The van der Waals surface area contributed by atoms with Crippen LogP contribution in [0.4, 0.5) is 0 Å². The minimum absolute atomic E-state index is 0. The molecule has 0 aromatic carbocycles. The van der Waals surface area contributed by atoms with E-state index in [1.807, 2.05) is 0 Å². The maximum atomic E-state index is 0. The predicted octanol–water partition coefficient (Wildman–Crippen LogP) is 3.60. The minimum Gasteiger partial charge on any atom is -0.358 e. The van der Waals surface area contributed by atoms with E-state index in [1.54, 1.807) is 0 Å². The van der Waals surface area contributed by atoms with Crippen molar-refractivity contribution < 1.29 is 39.0 Å². The second-order valence-electron chi connectivity index (χ2n) is 0. The first-order valence-corrected chi connectivity index (χ1v) is 0. The molecule has 0 saturated heterocycles. The number of rotatable bonds is 0. The molecule has 10 heavy (non-hydrogen) atoms. The van der Waals surface area contributed by atoms with Gasteiger partial charge in [-0.15, -0.1) is 0 Å². The van der Waals surface area contributed by atoms with Crippen LogP contribution < -0.4 is 0 Å². The van der Waals surface area contributed by atoms with Crippen molar-refractivity contribution >= 4 is 0 Å². The van der Waals surface area contributed by atoms with Crippen molar-refractivity contribution in [2.75, 3.05) is 0 Å². The van der Waals surface area contributed by atoms with Gasteiger partial charge >= 0.3 is 0 Å². The molecular formula is C8H24Rh2-8. The standard InChI is InChI=1S/8CH3.2Rh/h8*1H3;;/q8*-1;;. The van der Waals surface area contributed by atoms with Gasteiger partial charge in [0.15, 0.2) is 0 Å². The topological polar surface area (TPSA) is 0 Å². The van der Waals surface area contributed by atoms with Gasteiger partial charge in [0.25, 0.3) is 0 Å². The summed E-state index contributed by atoms with van der Waals surface area (Å²) < 4.78 is 0. The molecule has 0 N–H and O–H groups in total. The van der Waals surface area contributed by atoms with Crippen molar-refractivity contribution in [3.05, 3.63) is 59.4 Å². The van der Waals surface area contributed by atoms with E-state index in [2.05, 4.69) is 0 Å². The maximum absolute atomic E-state index is 0. The zero-order valence-corrected chi connectivity index (χ0v) is 11.9. The van der Waals surface area contributed by atoms with Crippen LogP contribution in [0.1, 0.15) is 0 Å². The van der Waals surface area contributed by atoms with Gasteiger partial charge in [-0.2, -0.15) is 0 Å². The van der Waals surface area contributed by atoms with Crippen LogP contribution in [0.3, 0.4) is 0 Å². The Morgan fingerprint density at radius 3 is 0.200 bits per heavy atom. The van der Waals surface area contributed by atoms with E-state index in [0.29, 0.717) is 0 Å². The van der Waals surface area contributed by atoms with Gasteiger partial charge in [-0.3, -0.25) is 0 Å². The maximum Gasteiger partial charge on any atom is 0 e. The van der Waals surface area contributed by atoms with Crippen LogP contribution in [0, 0.1) is 59.4 Å². The third-order valence-electron chi connectivity index (χ3n) is 0. The second-order valence-corrected chi connectivity index (χ2v) is 0. The fourth-order valence-corrected chi connectivity index (χ4v) is 0.